The molecule has 5 heteroatoms. The van der Waals surface area contributed by atoms with E-state index in [2.05, 4.69) is 5.32 Å². The number of carbonyl (C=O) groups excluding carboxylic acids is 1. The highest BCUT2D eigenvalue weighted by Gasteiger charge is 2.34. The highest BCUT2D eigenvalue weighted by atomic mass is 35.5. The maximum atomic E-state index is 13.2. The molecule has 0 saturated heterocycles. The fraction of sp³-hybridized carbons (Fsp3) is 0.500. The largest absolute Gasteiger partial charge is 0.345 e. The lowest BCUT2D eigenvalue weighted by Crippen LogP contribution is -2.51. The number of rotatable bonds is 3. The van der Waals surface area contributed by atoms with Crippen LogP contribution in [0, 0.1) is 12.7 Å². The Labute approximate surface area is 119 Å². The third kappa shape index (κ3) is 3.45. The minimum absolute atomic E-state index is 0. The van der Waals surface area contributed by atoms with Crippen molar-refractivity contribution in [2.75, 3.05) is 6.54 Å². The molecule has 0 heterocycles. The van der Waals surface area contributed by atoms with E-state index in [-0.39, 0.29) is 29.7 Å². The van der Waals surface area contributed by atoms with Gasteiger partial charge in [-0.3, -0.25) is 4.79 Å². The quantitative estimate of drug-likeness (QED) is 0.897. The molecule has 0 unspecified atom stereocenters. The second kappa shape index (κ2) is 6.35. The lowest BCUT2D eigenvalue weighted by atomic mass is 9.97. The molecule has 0 atom stereocenters. The predicted octanol–water partition coefficient (Wildman–Crippen LogP) is 2.56. The van der Waals surface area contributed by atoms with Crippen LogP contribution in [0.1, 0.15) is 41.6 Å². The van der Waals surface area contributed by atoms with Gasteiger partial charge in [-0.1, -0.05) is 12.8 Å². The molecule has 2 rings (SSSR count). The fourth-order valence-electron chi connectivity index (χ4n) is 2.53. The Morgan fingerprint density at radius 3 is 2.58 bits per heavy atom. The van der Waals surface area contributed by atoms with Crippen molar-refractivity contribution in [3.63, 3.8) is 0 Å². The molecule has 0 aromatic heterocycles. The zero-order valence-electron chi connectivity index (χ0n) is 11.0. The van der Waals surface area contributed by atoms with Crippen molar-refractivity contribution in [2.45, 2.75) is 38.1 Å². The predicted molar refractivity (Wildman–Crippen MR) is 76.1 cm³/mol. The summed E-state index contributed by atoms with van der Waals surface area (Å²) in [5.74, 6) is -0.452. The van der Waals surface area contributed by atoms with E-state index in [1.54, 1.807) is 13.0 Å². The average Bonchev–Trinajstić information content (AvgIpc) is 2.82. The number of halogens is 2. The number of benzene rings is 1. The molecule has 3 N–H and O–H groups in total. The standard InChI is InChI=1S/C14H19FN2O.ClH/c1-10-8-11(4-5-12(10)15)13(18)17-14(9-16)6-2-3-7-14;/h4-5,8H,2-3,6-7,9,16H2,1H3,(H,17,18);1H. The SMILES string of the molecule is Cc1cc(C(=O)NC2(CN)CCCC2)ccc1F.Cl. The van der Waals surface area contributed by atoms with Crippen LogP contribution in [-0.2, 0) is 0 Å². The van der Waals surface area contributed by atoms with Crippen LogP contribution in [0.4, 0.5) is 4.39 Å². The van der Waals surface area contributed by atoms with Crippen molar-refractivity contribution in [1.82, 2.24) is 5.32 Å². The van der Waals surface area contributed by atoms with E-state index in [1.165, 1.54) is 12.1 Å². The van der Waals surface area contributed by atoms with E-state index >= 15 is 0 Å². The van der Waals surface area contributed by atoms with E-state index in [0.29, 0.717) is 17.7 Å². The van der Waals surface area contributed by atoms with Gasteiger partial charge in [-0.15, -0.1) is 12.4 Å². The molecule has 1 aromatic carbocycles. The van der Waals surface area contributed by atoms with Crippen molar-refractivity contribution >= 4 is 18.3 Å². The number of aryl methyl sites for hydroxylation is 1. The molecule has 1 aliphatic rings. The smallest absolute Gasteiger partial charge is 0.251 e. The van der Waals surface area contributed by atoms with Gasteiger partial charge in [0.1, 0.15) is 5.82 Å². The third-order valence-electron chi connectivity index (χ3n) is 3.75. The molecular formula is C14H20ClFN2O. The minimum atomic E-state index is -0.291. The number of nitrogens with two attached hydrogens (primary N) is 1. The average molecular weight is 287 g/mol. The zero-order valence-corrected chi connectivity index (χ0v) is 11.9. The van der Waals surface area contributed by atoms with E-state index in [4.69, 9.17) is 5.73 Å². The summed E-state index contributed by atoms with van der Waals surface area (Å²) < 4.78 is 13.2. The summed E-state index contributed by atoms with van der Waals surface area (Å²) in [6.07, 6.45) is 4.05. The van der Waals surface area contributed by atoms with Gasteiger partial charge in [-0.25, -0.2) is 4.39 Å². The van der Waals surface area contributed by atoms with Crippen molar-refractivity contribution in [1.29, 1.82) is 0 Å². The first kappa shape index (κ1) is 15.9. The number of hydrogen-bond acceptors (Lipinski definition) is 2. The van der Waals surface area contributed by atoms with Crippen LogP contribution in [0.3, 0.4) is 0 Å². The Balaban J connectivity index is 0.00000180. The van der Waals surface area contributed by atoms with E-state index in [1.807, 2.05) is 0 Å². The zero-order chi connectivity index (χ0) is 13.2. The van der Waals surface area contributed by atoms with E-state index in [9.17, 15) is 9.18 Å². The first-order valence-electron chi connectivity index (χ1n) is 6.35. The molecule has 1 aliphatic carbocycles. The second-order valence-electron chi connectivity index (χ2n) is 5.11. The van der Waals surface area contributed by atoms with Gasteiger partial charge >= 0.3 is 0 Å². The number of carbonyl (C=O) groups is 1. The summed E-state index contributed by atoms with van der Waals surface area (Å²) >= 11 is 0. The topological polar surface area (TPSA) is 55.1 Å². The normalized spacial score (nSPS) is 16.8. The molecular weight excluding hydrogens is 267 g/mol. The molecule has 3 nitrogen and oxygen atoms in total. The van der Waals surface area contributed by atoms with Gasteiger partial charge in [0.2, 0.25) is 0 Å². The van der Waals surface area contributed by atoms with Gasteiger partial charge in [0.25, 0.3) is 5.91 Å². The Morgan fingerprint density at radius 1 is 1.42 bits per heavy atom. The molecule has 1 fully saturated rings. The van der Waals surface area contributed by atoms with Gasteiger partial charge in [0.05, 0.1) is 5.54 Å². The van der Waals surface area contributed by atoms with Crippen molar-refractivity contribution in [3.8, 4) is 0 Å². The monoisotopic (exact) mass is 286 g/mol. The molecule has 19 heavy (non-hydrogen) atoms. The minimum Gasteiger partial charge on any atom is -0.345 e. The van der Waals surface area contributed by atoms with E-state index in [0.717, 1.165) is 25.7 Å². The Hall–Kier alpha value is -1.13. The van der Waals surface area contributed by atoms with Crippen LogP contribution in [0.15, 0.2) is 18.2 Å². The van der Waals surface area contributed by atoms with Crippen LogP contribution in [-0.4, -0.2) is 18.0 Å². The maximum Gasteiger partial charge on any atom is 0.251 e. The third-order valence-corrected chi connectivity index (χ3v) is 3.75. The Bertz CT molecular complexity index is 459. The first-order valence-corrected chi connectivity index (χ1v) is 6.35. The van der Waals surface area contributed by atoms with E-state index < -0.39 is 0 Å². The highest BCUT2D eigenvalue weighted by Crippen LogP contribution is 2.29. The number of hydrogen-bond donors (Lipinski definition) is 2. The van der Waals surface area contributed by atoms with Crippen LogP contribution >= 0.6 is 12.4 Å². The summed E-state index contributed by atoms with van der Waals surface area (Å²) in [5, 5.41) is 3.02. The number of amides is 1. The van der Waals surface area contributed by atoms with Crippen LogP contribution < -0.4 is 11.1 Å². The van der Waals surface area contributed by atoms with Crippen molar-refractivity contribution < 1.29 is 9.18 Å². The summed E-state index contributed by atoms with van der Waals surface area (Å²) in [4.78, 5) is 12.1. The van der Waals surface area contributed by atoms with Gasteiger partial charge in [0.15, 0.2) is 0 Å². The molecule has 0 radical (unpaired) electrons. The van der Waals surface area contributed by atoms with Crippen LogP contribution in [0.25, 0.3) is 0 Å². The highest BCUT2D eigenvalue weighted by molar-refractivity contribution is 5.94. The van der Waals surface area contributed by atoms with Gasteiger partial charge < -0.3 is 11.1 Å². The van der Waals surface area contributed by atoms with Crippen molar-refractivity contribution in [3.05, 3.63) is 35.1 Å². The summed E-state index contributed by atoms with van der Waals surface area (Å²) in [5.41, 5.74) is 6.49. The Morgan fingerprint density at radius 2 is 2.05 bits per heavy atom. The molecule has 0 spiro atoms. The molecule has 1 aromatic rings. The lowest BCUT2D eigenvalue weighted by Gasteiger charge is -2.28. The molecule has 0 aliphatic heterocycles. The maximum absolute atomic E-state index is 13.2. The van der Waals surface area contributed by atoms with Gasteiger partial charge in [-0.2, -0.15) is 0 Å². The summed E-state index contributed by atoms with van der Waals surface area (Å²) in [6, 6.07) is 4.41. The van der Waals surface area contributed by atoms with Gasteiger partial charge in [0, 0.05) is 12.1 Å². The number of nitrogens with one attached hydrogen (secondary N) is 1. The molecule has 1 amide bonds. The molecule has 106 valence electrons. The fourth-order valence-corrected chi connectivity index (χ4v) is 2.53. The lowest BCUT2D eigenvalue weighted by molar-refractivity contribution is 0.0903. The summed E-state index contributed by atoms with van der Waals surface area (Å²) in [7, 11) is 0. The summed E-state index contributed by atoms with van der Waals surface area (Å²) in [6.45, 7) is 2.11. The molecule has 0 bridgehead atoms. The second-order valence-corrected chi connectivity index (χ2v) is 5.11. The van der Waals surface area contributed by atoms with Gasteiger partial charge in [-0.05, 0) is 43.5 Å². The molecule has 1 saturated carbocycles. The first-order chi connectivity index (χ1) is 8.56. The van der Waals surface area contributed by atoms with Crippen LogP contribution in [0.2, 0.25) is 0 Å². The Kier molecular flexibility index (Phi) is 5.32. The van der Waals surface area contributed by atoms with Crippen molar-refractivity contribution in [2.24, 2.45) is 5.73 Å². The van der Waals surface area contributed by atoms with Crippen LogP contribution in [0.5, 0.6) is 0 Å².